The zero-order chi connectivity index (χ0) is 11.3. The number of nitro groups is 1. The standard InChI is InChI=1S/C7H12FNO5S/c1-12-13-14-15-7-3-2-5(8)4-6(7)9(10)11/h5-7H,2-4H2,1H3. The lowest BCUT2D eigenvalue weighted by Crippen LogP contribution is -2.38. The summed E-state index contributed by atoms with van der Waals surface area (Å²) in [6, 6.07) is -0.931. The highest BCUT2D eigenvalue weighted by Crippen LogP contribution is 2.32. The van der Waals surface area contributed by atoms with Gasteiger partial charge in [0.15, 0.2) is 0 Å². The van der Waals surface area contributed by atoms with Crippen LogP contribution in [0.3, 0.4) is 0 Å². The van der Waals surface area contributed by atoms with Crippen LogP contribution in [-0.2, 0) is 14.3 Å². The van der Waals surface area contributed by atoms with Gasteiger partial charge in [-0.3, -0.25) is 10.1 Å². The quantitative estimate of drug-likeness (QED) is 0.240. The molecule has 88 valence electrons. The van der Waals surface area contributed by atoms with Crippen molar-refractivity contribution in [1.29, 1.82) is 0 Å². The molecule has 6 nitrogen and oxygen atoms in total. The number of rotatable bonds is 5. The zero-order valence-electron chi connectivity index (χ0n) is 8.13. The molecule has 0 spiro atoms. The zero-order valence-corrected chi connectivity index (χ0v) is 8.94. The lowest BCUT2D eigenvalue weighted by Gasteiger charge is -2.25. The first-order chi connectivity index (χ1) is 7.15. The van der Waals surface area contributed by atoms with Gasteiger partial charge in [0.2, 0.25) is 6.04 Å². The summed E-state index contributed by atoms with van der Waals surface area (Å²) in [4.78, 5) is 14.3. The summed E-state index contributed by atoms with van der Waals surface area (Å²) in [5.41, 5.74) is 0. The van der Waals surface area contributed by atoms with Crippen molar-refractivity contribution >= 4 is 12.0 Å². The molecular weight excluding hydrogens is 229 g/mol. The molecule has 0 aromatic rings. The molecule has 0 bridgehead atoms. The Bertz CT molecular complexity index is 220. The van der Waals surface area contributed by atoms with Crippen LogP contribution in [0.15, 0.2) is 0 Å². The largest absolute Gasteiger partial charge is 0.264 e. The van der Waals surface area contributed by atoms with Gasteiger partial charge in [0.25, 0.3) is 0 Å². The maximum absolute atomic E-state index is 12.9. The van der Waals surface area contributed by atoms with Gasteiger partial charge in [0.05, 0.1) is 7.11 Å². The van der Waals surface area contributed by atoms with Crippen molar-refractivity contribution in [1.82, 2.24) is 0 Å². The average molecular weight is 241 g/mol. The van der Waals surface area contributed by atoms with Crippen molar-refractivity contribution in [3.05, 3.63) is 10.1 Å². The Kier molecular flexibility index (Phi) is 5.23. The van der Waals surface area contributed by atoms with E-state index in [1.165, 1.54) is 7.11 Å². The fraction of sp³-hybridized carbons (Fsp3) is 1.00. The van der Waals surface area contributed by atoms with Crippen molar-refractivity contribution < 1.29 is 23.6 Å². The summed E-state index contributed by atoms with van der Waals surface area (Å²) >= 11 is 0.805. The summed E-state index contributed by atoms with van der Waals surface area (Å²) in [6.45, 7) is 0. The van der Waals surface area contributed by atoms with Gasteiger partial charge in [-0.05, 0) is 12.8 Å². The number of hydrogen-bond acceptors (Lipinski definition) is 6. The Morgan fingerprint density at radius 1 is 1.53 bits per heavy atom. The van der Waals surface area contributed by atoms with E-state index in [0.29, 0.717) is 12.8 Å². The van der Waals surface area contributed by atoms with Crippen LogP contribution < -0.4 is 0 Å². The van der Waals surface area contributed by atoms with Crippen LogP contribution in [0.2, 0.25) is 0 Å². The molecule has 0 radical (unpaired) electrons. The highest BCUT2D eigenvalue weighted by Gasteiger charge is 2.40. The number of nitrogens with zero attached hydrogens (tertiary/aromatic N) is 1. The third-order valence-corrected chi connectivity index (χ3v) is 3.15. The van der Waals surface area contributed by atoms with E-state index in [-0.39, 0.29) is 6.42 Å². The first-order valence-electron chi connectivity index (χ1n) is 4.45. The van der Waals surface area contributed by atoms with Crippen molar-refractivity contribution in [2.75, 3.05) is 7.11 Å². The van der Waals surface area contributed by atoms with E-state index in [0.717, 1.165) is 12.0 Å². The molecule has 1 rings (SSSR count). The molecule has 1 aliphatic carbocycles. The molecule has 3 atom stereocenters. The van der Waals surface area contributed by atoms with Crippen molar-refractivity contribution in [2.24, 2.45) is 0 Å². The minimum absolute atomic E-state index is 0.0684. The van der Waals surface area contributed by atoms with Crippen LogP contribution in [0, 0.1) is 10.1 Å². The minimum Gasteiger partial charge on any atom is -0.264 e. The predicted molar refractivity (Wildman–Crippen MR) is 50.1 cm³/mol. The van der Waals surface area contributed by atoms with E-state index in [9.17, 15) is 14.5 Å². The van der Waals surface area contributed by atoms with Gasteiger partial charge in [0.1, 0.15) is 11.4 Å². The molecule has 0 amide bonds. The monoisotopic (exact) mass is 241 g/mol. The Labute approximate surface area is 90.3 Å². The predicted octanol–water partition coefficient (Wildman–Crippen LogP) is 1.68. The van der Waals surface area contributed by atoms with Gasteiger partial charge in [-0.15, -0.1) is 4.33 Å². The van der Waals surface area contributed by atoms with E-state index in [1.54, 1.807) is 0 Å². The molecule has 0 aliphatic heterocycles. The van der Waals surface area contributed by atoms with Crippen LogP contribution in [-0.4, -0.2) is 29.5 Å². The smallest absolute Gasteiger partial charge is 0.229 e. The first kappa shape index (κ1) is 12.6. The molecule has 0 aromatic carbocycles. The molecule has 0 N–H and O–H groups in total. The Balaban J connectivity index is 2.42. The number of alkyl halides is 1. The van der Waals surface area contributed by atoms with E-state index in [1.807, 2.05) is 0 Å². The maximum atomic E-state index is 12.9. The lowest BCUT2D eigenvalue weighted by atomic mass is 9.94. The van der Waals surface area contributed by atoms with Crippen molar-refractivity contribution in [2.45, 2.75) is 36.7 Å². The molecule has 1 aliphatic rings. The summed E-state index contributed by atoms with van der Waals surface area (Å²) in [7, 11) is 1.25. The summed E-state index contributed by atoms with van der Waals surface area (Å²) in [5.74, 6) is 0. The van der Waals surface area contributed by atoms with E-state index >= 15 is 0 Å². The van der Waals surface area contributed by atoms with Gasteiger partial charge >= 0.3 is 0 Å². The Morgan fingerprint density at radius 3 is 2.87 bits per heavy atom. The fourth-order valence-corrected chi connectivity index (χ4v) is 2.26. The summed E-state index contributed by atoms with van der Waals surface area (Å²) in [6.07, 6.45) is -0.454. The fourth-order valence-electron chi connectivity index (χ4n) is 1.50. The third kappa shape index (κ3) is 3.90. The van der Waals surface area contributed by atoms with Crippen LogP contribution in [0.5, 0.6) is 0 Å². The van der Waals surface area contributed by atoms with Gasteiger partial charge in [-0.2, -0.15) is 0 Å². The molecule has 8 heteroatoms. The van der Waals surface area contributed by atoms with E-state index in [4.69, 9.17) is 0 Å². The van der Waals surface area contributed by atoms with Gasteiger partial charge < -0.3 is 0 Å². The summed E-state index contributed by atoms with van der Waals surface area (Å²) < 4.78 is 17.5. The highest BCUT2D eigenvalue weighted by molar-refractivity contribution is 7.95. The van der Waals surface area contributed by atoms with E-state index < -0.39 is 22.4 Å². The van der Waals surface area contributed by atoms with Crippen LogP contribution in [0.25, 0.3) is 0 Å². The van der Waals surface area contributed by atoms with Crippen LogP contribution in [0.4, 0.5) is 4.39 Å². The second-order valence-electron chi connectivity index (χ2n) is 3.20. The van der Waals surface area contributed by atoms with Gasteiger partial charge in [0, 0.05) is 23.4 Å². The van der Waals surface area contributed by atoms with Crippen molar-refractivity contribution in [3.8, 4) is 0 Å². The molecule has 0 aromatic heterocycles. The molecule has 0 heterocycles. The molecule has 3 unspecified atom stereocenters. The second kappa shape index (κ2) is 6.21. The van der Waals surface area contributed by atoms with Gasteiger partial charge in [-0.1, -0.05) is 5.04 Å². The second-order valence-corrected chi connectivity index (χ2v) is 4.13. The third-order valence-electron chi connectivity index (χ3n) is 2.22. The molecule has 1 fully saturated rings. The van der Waals surface area contributed by atoms with Crippen LogP contribution >= 0.6 is 12.0 Å². The van der Waals surface area contributed by atoms with Crippen LogP contribution in [0.1, 0.15) is 19.3 Å². The van der Waals surface area contributed by atoms with Crippen molar-refractivity contribution in [3.63, 3.8) is 0 Å². The SMILES string of the molecule is COOOSC1CCC(F)CC1[N+](=O)[O-]. The molecule has 0 saturated heterocycles. The average Bonchev–Trinajstić information content (AvgIpc) is 2.20. The topological polar surface area (TPSA) is 70.8 Å². The Morgan fingerprint density at radius 2 is 2.27 bits per heavy atom. The van der Waals surface area contributed by atoms with E-state index in [2.05, 4.69) is 14.3 Å². The minimum atomic E-state index is -1.10. The normalized spacial score (nSPS) is 31.5. The molecule has 1 saturated carbocycles. The first-order valence-corrected chi connectivity index (χ1v) is 5.26. The maximum Gasteiger partial charge on any atom is 0.229 e. The lowest BCUT2D eigenvalue weighted by molar-refractivity contribution is -0.526. The molecule has 15 heavy (non-hydrogen) atoms. The van der Waals surface area contributed by atoms with Gasteiger partial charge in [-0.25, -0.2) is 9.28 Å². The number of halogens is 1. The summed E-state index contributed by atoms with van der Waals surface area (Å²) in [5, 5.41) is 14.4. The highest BCUT2D eigenvalue weighted by atomic mass is 32.2. The Hall–Kier alpha value is -0.440. The number of hydrogen-bond donors (Lipinski definition) is 0. The molecular formula is C7H12FNO5S.